The van der Waals surface area contributed by atoms with Crippen LogP contribution in [0.5, 0.6) is 11.5 Å². The summed E-state index contributed by atoms with van der Waals surface area (Å²) in [5.41, 5.74) is 5.90. The maximum Gasteiger partial charge on any atom is 0.240 e. The number of carbonyl (C=O) groups is 1. The topological polar surface area (TPSA) is 86.5 Å². The van der Waals surface area contributed by atoms with Crippen LogP contribution in [0.1, 0.15) is 18.5 Å². The third-order valence-electron chi connectivity index (χ3n) is 4.10. The fourth-order valence-corrected chi connectivity index (χ4v) is 2.56. The van der Waals surface area contributed by atoms with E-state index in [2.05, 4.69) is 10.3 Å². The van der Waals surface area contributed by atoms with Crippen molar-refractivity contribution in [1.29, 1.82) is 0 Å². The van der Waals surface area contributed by atoms with Gasteiger partial charge in [-0.3, -0.25) is 9.78 Å². The highest BCUT2D eigenvalue weighted by molar-refractivity contribution is 5.86. The Kier molecular flexibility index (Phi) is 8.92. The van der Waals surface area contributed by atoms with Crippen LogP contribution in [0.25, 0.3) is 0 Å². The first kappa shape index (κ1) is 23.1. The molecule has 0 bridgehead atoms. The minimum Gasteiger partial charge on any atom is -0.457 e. The first-order valence-electron chi connectivity index (χ1n) is 8.08. The summed E-state index contributed by atoms with van der Waals surface area (Å²) < 4.78 is 23.8. The predicted octanol–water partition coefficient (Wildman–Crippen LogP) is 2.98. The van der Waals surface area contributed by atoms with Crippen molar-refractivity contribution in [2.24, 2.45) is 5.73 Å². The summed E-state index contributed by atoms with van der Waals surface area (Å²) in [5, 5.41) is 2.82. The molecule has 27 heavy (non-hydrogen) atoms. The van der Waals surface area contributed by atoms with Gasteiger partial charge in [0.15, 0.2) is 0 Å². The molecule has 0 atom stereocenters. The Morgan fingerprint density at radius 2 is 1.85 bits per heavy atom. The molecule has 6 nitrogen and oxygen atoms in total. The van der Waals surface area contributed by atoms with E-state index in [4.69, 9.17) is 15.2 Å². The van der Waals surface area contributed by atoms with Crippen molar-refractivity contribution in [2.75, 3.05) is 13.2 Å². The van der Waals surface area contributed by atoms with Crippen molar-refractivity contribution in [3.8, 4) is 11.5 Å². The highest BCUT2D eigenvalue weighted by Crippen LogP contribution is 2.22. The van der Waals surface area contributed by atoms with Gasteiger partial charge in [0.2, 0.25) is 5.91 Å². The molecule has 1 aliphatic rings. The second-order valence-corrected chi connectivity index (χ2v) is 5.99. The lowest BCUT2D eigenvalue weighted by molar-refractivity contribution is -0.129. The Labute approximate surface area is 169 Å². The number of hydrogen-bond acceptors (Lipinski definition) is 5. The molecule has 3 N–H and O–H groups in total. The number of ether oxygens (including phenoxy) is 2. The zero-order valence-electron chi connectivity index (χ0n) is 14.5. The number of carbonyl (C=O) groups excluding carboxylic acids is 1. The average Bonchev–Trinajstić information content (AvgIpc) is 2.62. The predicted molar refractivity (Wildman–Crippen MR) is 104 cm³/mol. The number of nitrogens with zero attached hydrogens (tertiary/aromatic N) is 1. The summed E-state index contributed by atoms with van der Waals surface area (Å²) in [5.74, 6) is 0.543. The zero-order chi connectivity index (χ0) is 17.7. The highest BCUT2D eigenvalue weighted by atomic mass is 35.5. The van der Waals surface area contributed by atoms with Gasteiger partial charge >= 0.3 is 0 Å². The van der Waals surface area contributed by atoms with Gasteiger partial charge in [-0.1, -0.05) is 0 Å². The Hall–Kier alpha value is -1.93. The zero-order valence-corrected chi connectivity index (χ0v) is 16.2. The van der Waals surface area contributed by atoms with Crippen LogP contribution in [0.15, 0.2) is 42.6 Å². The SMILES string of the molecule is Cl.Cl.NC1(C(=O)NCc2cc(Oc3ccc(F)cc3)ccn2)CCOCC1. The van der Waals surface area contributed by atoms with E-state index in [1.165, 1.54) is 12.1 Å². The van der Waals surface area contributed by atoms with Crippen LogP contribution in [0.2, 0.25) is 0 Å². The lowest BCUT2D eigenvalue weighted by Crippen LogP contribution is -2.56. The van der Waals surface area contributed by atoms with Crippen LogP contribution < -0.4 is 15.8 Å². The smallest absolute Gasteiger partial charge is 0.240 e. The van der Waals surface area contributed by atoms with Crippen LogP contribution in [-0.4, -0.2) is 29.6 Å². The highest BCUT2D eigenvalue weighted by Gasteiger charge is 2.35. The monoisotopic (exact) mass is 417 g/mol. The van der Waals surface area contributed by atoms with E-state index in [-0.39, 0.29) is 43.1 Å². The normalized spacial score (nSPS) is 15.0. The van der Waals surface area contributed by atoms with Crippen LogP contribution in [0.4, 0.5) is 4.39 Å². The fraction of sp³-hybridized carbons (Fsp3) is 0.333. The third-order valence-corrected chi connectivity index (χ3v) is 4.10. The van der Waals surface area contributed by atoms with Crippen molar-refractivity contribution in [1.82, 2.24) is 10.3 Å². The molecule has 1 fully saturated rings. The molecule has 2 aromatic rings. The van der Waals surface area contributed by atoms with Gasteiger partial charge in [-0.25, -0.2) is 4.39 Å². The lowest BCUT2D eigenvalue weighted by Gasteiger charge is -2.31. The first-order valence-corrected chi connectivity index (χ1v) is 8.08. The molecule has 1 aromatic heterocycles. The van der Waals surface area contributed by atoms with Crippen LogP contribution in [0.3, 0.4) is 0 Å². The van der Waals surface area contributed by atoms with E-state index in [0.29, 0.717) is 43.2 Å². The van der Waals surface area contributed by atoms with E-state index in [1.54, 1.807) is 30.5 Å². The minimum absolute atomic E-state index is 0. The number of rotatable bonds is 5. The number of halogens is 3. The van der Waals surface area contributed by atoms with E-state index in [1.807, 2.05) is 0 Å². The van der Waals surface area contributed by atoms with Crippen LogP contribution in [0, 0.1) is 5.82 Å². The molecule has 0 spiro atoms. The van der Waals surface area contributed by atoms with Gasteiger partial charge in [-0.05, 0) is 43.2 Å². The molecule has 3 rings (SSSR count). The summed E-state index contributed by atoms with van der Waals surface area (Å²) in [6.45, 7) is 1.23. The number of nitrogens with one attached hydrogen (secondary N) is 1. The van der Waals surface area contributed by atoms with Crippen molar-refractivity contribution in [2.45, 2.75) is 24.9 Å². The first-order chi connectivity index (χ1) is 12.0. The van der Waals surface area contributed by atoms with E-state index in [0.717, 1.165) is 0 Å². The van der Waals surface area contributed by atoms with Gasteiger partial charge in [-0.2, -0.15) is 0 Å². The quantitative estimate of drug-likeness (QED) is 0.780. The Morgan fingerprint density at radius 3 is 2.52 bits per heavy atom. The number of benzene rings is 1. The summed E-state index contributed by atoms with van der Waals surface area (Å²) in [6, 6.07) is 9.15. The van der Waals surface area contributed by atoms with Gasteiger partial charge in [0.25, 0.3) is 0 Å². The second kappa shape index (κ2) is 10.4. The third kappa shape index (κ3) is 6.32. The van der Waals surface area contributed by atoms with E-state index in [9.17, 15) is 9.18 Å². The summed E-state index contributed by atoms with van der Waals surface area (Å²) >= 11 is 0. The number of pyridine rings is 1. The van der Waals surface area contributed by atoms with Crippen molar-refractivity contribution >= 4 is 30.7 Å². The van der Waals surface area contributed by atoms with Gasteiger partial charge in [-0.15, -0.1) is 24.8 Å². The molecule has 1 saturated heterocycles. The number of amides is 1. The Bertz CT molecular complexity index is 741. The maximum absolute atomic E-state index is 12.9. The van der Waals surface area contributed by atoms with Crippen LogP contribution in [-0.2, 0) is 16.1 Å². The van der Waals surface area contributed by atoms with Gasteiger partial charge < -0.3 is 20.5 Å². The molecule has 0 radical (unpaired) electrons. The molecule has 0 unspecified atom stereocenters. The molecule has 1 aliphatic heterocycles. The maximum atomic E-state index is 12.9. The van der Waals surface area contributed by atoms with Crippen molar-refractivity contribution in [3.63, 3.8) is 0 Å². The molecule has 0 saturated carbocycles. The minimum atomic E-state index is -0.888. The standard InChI is InChI=1S/C18H20FN3O3.2ClH/c19-13-1-3-15(4-2-13)25-16-5-8-21-14(11-16)12-22-17(23)18(20)6-9-24-10-7-18;;/h1-5,8,11H,6-7,9-10,12,20H2,(H,22,23);2*1H. The van der Waals surface area contributed by atoms with Crippen molar-refractivity contribution < 1.29 is 18.7 Å². The number of hydrogen-bond donors (Lipinski definition) is 2. The molecular formula is C18H22Cl2FN3O3. The lowest BCUT2D eigenvalue weighted by atomic mass is 9.90. The van der Waals surface area contributed by atoms with Crippen molar-refractivity contribution in [3.05, 3.63) is 54.1 Å². The number of nitrogens with two attached hydrogens (primary N) is 1. The Balaban J connectivity index is 0.00000182. The second-order valence-electron chi connectivity index (χ2n) is 5.99. The fourth-order valence-electron chi connectivity index (χ4n) is 2.56. The van der Waals surface area contributed by atoms with E-state index < -0.39 is 5.54 Å². The van der Waals surface area contributed by atoms with Gasteiger partial charge in [0.1, 0.15) is 17.3 Å². The summed E-state index contributed by atoms with van der Waals surface area (Å²) in [4.78, 5) is 16.5. The molecule has 9 heteroatoms. The molecule has 148 valence electrons. The van der Waals surface area contributed by atoms with Gasteiger partial charge in [0, 0.05) is 25.5 Å². The van der Waals surface area contributed by atoms with Gasteiger partial charge in [0.05, 0.1) is 17.8 Å². The molecule has 1 amide bonds. The molecular weight excluding hydrogens is 396 g/mol. The summed E-state index contributed by atoms with van der Waals surface area (Å²) in [7, 11) is 0. The Morgan fingerprint density at radius 1 is 1.19 bits per heavy atom. The molecule has 2 heterocycles. The molecule has 0 aliphatic carbocycles. The largest absolute Gasteiger partial charge is 0.457 e. The molecule has 1 aromatic carbocycles. The van der Waals surface area contributed by atoms with E-state index >= 15 is 0 Å². The number of aromatic nitrogens is 1. The van der Waals surface area contributed by atoms with Crippen LogP contribution >= 0.6 is 24.8 Å². The average molecular weight is 418 g/mol. The summed E-state index contributed by atoms with van der Waals surface area (Å²) in [6.07, 6.45) is 2.59.